The van der Waals surface area contributed by atoms with E-state index in [2.05, 4.69) is 22.5 Å². The van der Waals surface area contributed by atoms with Crippen molar-refractivity contribution in [3.63, 3.8) is 0 Å². The van der Waals surface area contributed by atoms with Gasteiger partial charge in [-0.3, -0.25) is 9.79 Å². The normalized spacial score (nSPS) is 32.3. The van der Waals surface area contributed by atoms with E-state index in [1.807, 2.05) is 13.0 Å². The van der Waals surface area contributed by atoms with Crippen LogP contribution >= 0.6 is 23.4 Å². The number of carbonyl (C=O) groups excluding carboxylic acids is 1. The molecule has 5 nitrogen and oxygen atoms in total. The van der Waals surface area contributed by atoms with Gasteiger partial charge in [0.05, 0.1) is 22.9 Å². The Bertz CT molecular complexity index is 504. The highest BCUT2D eigenvalue weighted by molar-refractivity contribution is 8.04. The van der Waals surface area contributed by atoms with Crippen LogP contribution in [0.3, 0.4) is 0 Å². The van der Waals surface area contributed by atoms with E-state index in [-0.39, 0.29) is 29.8 Å². The molecular weight excluding hydrogens is 310 g/mol. The molecule has 0 spiro atoms. The van der Waals surface area contributed by atoms with Crippen LogP contribution in [-0.2, 0) is 4.79 Å². The van der Waals surface area contributed by atoms with E-state index < -0.39 is 0 Å². The molecule has 0 fully saturated rings. The Labute approximate surface area is 133 Å². The number of thioether (sulfide) groups is 1. The first kappa shape index (κ1) is 16.4. The van der Waals surface area contributed by atoms with Crippen molar-refractivity contribution in [1.82, 2.24) is 10.6 Å². The molecule has 0 saturated heterocycles. The molecule has 7 heteroatoms. The van der Waals surface area contributed by atoms with Crippen LogP contribution in [0.1, 0.15) is 20.3 Å². The Morgan fingerprint density at radius 1 is 1.52 bits per heavy atom. The minimum Gasteiger partial charge on any atom is -0.394 e. The number of aliphatic imine (C=N–C) groups is 1. The zero-order valence-corrected chi connectivity index (χ0v) is 13.7. The van der Waals surface area contributed by atoms with Crippen LogP contribution in [0.25, 0.3) is 0 Å². The summed E-state index contributed by atoms with van der Waals surface area (Å²) in [6.45, 7) is 4.41. The lowest BCUT2D eigenvalue weighted by molar-refractivity contribution is -0.117. The van der Waals surface area contributed by atoms with Crippen LogP contribution in [-0.4, -0.2) is 40.8 Å². The van der Waals surface area contributed by atoms with Crippen molar-refractivity contribution < 1.29 is 9.90 Å². The molecule has 0 aromatic carbocycles. The lowest BCUT2D eigenvalue weighted by Crippen LogP contribution is -2.41. The summed E-state index contributed by atoms with van der Waals surface area (Å²) in [5.41, 5.74) is 0.915. The molecule has 21 heavy (non-hydrogen) atoms. The van der Waals surface area contributed by atoms with Crippen LogP contribution in [0.15, 0.2) is 27.7 Å². The Morgan fingerprint density at radius 3 is 3.00 bits per heavy atom. The minimum atomic E-state index is -0.277. The van der Waals surface area contributed by atoms with Crippen LogP contribution in [0.4, 0.5) is 0 Å². The SMILES string of the molecule is CC1N=C(Cl)/C=C\CC(C)C2=C(S1)C(=O)N[C@H](CO)CN2. The topological polar surface area (TPSA) is 73.7 Å². The van der Waals surface area contributed by atoms with Gasteiger partial charge in [0.1, 0.15) is 5.17 Å². The molecule has 3 N–H and O–H groups in total. The first-order valence-corrected chi connectivity index (χ1v) is 8.23. The van der Waals surface area contributed by atoms with E-state index in [4.69, 9.17) is 11.6 Å². The highest BCUT2D eigenvalue weighted by atomic mass is 35.5. The number of nitrogens with zero attached hydrogens (tertiary/aromatic N) is 1. The standard InChI is InChI=1S/C14H20ClN3O2S/c1-8-4-3-5-11(15)17-9(2)21-13-12(8)16-6-10(7-19)18-14(13)20/h3,5,8-10,16,19H,4,6-7H2,1-2H3,(H,18,20)/b5-3-,17-11?/t8?,9?,10-/m0/s1. The van der Waals surface area contributed by atoms with E-state index in [9.17, 15) is 9.90 Å². The molecule has 0 aliphatic carbocycles. The van der Waals surface area contributed by atoms with Crippen LogP contribution in [0.2, 0.25) is 0 Å². The van der Waals surface area contributed by atoms with Crippen molar-refractivity contribution in [2.75, 3.05) is 13.2 Å². The molecule has 1 amide bonds. The number of nitrogens with one attached hydrogen (secondary N) is 2. The zero-order valence-electron chi connectivity index (χ0n) is 12.1. The van der Waals surface area contributed by atoms with Gasteiger partial charge in [-0.15, -0.1) is 0 Å². The Morgan fingerprint density at radius 2 is 2.29 bits per heavy atom. The molecule has 2 rings (SSSR count). The van der Waals surface area contributed by atoms with Gasteiger partial charge >= 0.3 is 0 Å². The fourth-order valence-corrected chi connectivity index (χ4v) is 3.63. The molecule has 2 aliphatic rings. The fraction of sp³-hybridized carbons (Fsp3) is 0.571. The summed E-state index contributed by atoms with van der Waals surface area (Å²) in [5, 5.41) is 15.7. The smallest absolute Gasteiger partial charge is 0.259 e. The molecule has 0 radical (unpaired) electrons. The lowest BCUT2D eigenvalue weighted by Gasteiger charge is -2.20. The number of carbonyl (C=O) groups is 1. The molecule has 2 aliphatic heterocycles. The monoisotopic (exact) mass is 329 g/mol. The summed E-state index contributed by atoms with van der Waals surface area (Å²) in [4.78, 5) is 17.4. The van der Waals surface area contributed by atoms with Crippen molar-refractivity contribution >= 4 is 34.4 Å². The molecule has 0 aromatic heterocycles. The molecule has 0 saturated carbocycles. The van der Waals surface area contributed by atoms with E-state index in [1.165, 1.54) is 11.8 Å². The summed E-state index contributed by atoms with van der Waals surface area (Å²) in [5.74, 6) is 0.00957. The molecular formula is C14H20ClN3O2S. The van der Waals surface area contributed by atoms with Crippen molar-refractivity contribution in [2.45, 2.75) is 31.7 Å². The highest BCUT2D eigenvalue weighted by Crippen LogP contribution is 2.31. The summed E-state index contributed by atoms with van der Waals surface area (Å²) >= 11 is 7.42. The molecule has 0 aromatic rings. The number of rotatable bonds is 1. The van der Waals surface area contributed by atoms with Gasteiger partial charge in [0.15, 0.2) is 0 Å². The maximum absolute atomic E-state index is 12.4. The zero-order chi connectivity index (χ0) is 15.4. The van der Waals surface area contributed by atoms with Crippen molar-refractivity contribution in [2.24, 2.45) is 10.9 Å². The number of aliphatic hydroxyl groups excluding tert-OH is 1. The third-order valence-corrected chi connectivity index (χ3v) is 4.69. The fourth-order valence-electron chi connectivity index (χ4n) is 2.26. The second-order valence-electron chi connectivity index (χ2n) is 5.18. The average Bonchev–Trinajstić information content (AvgIpc) is 2.58. The maximum atomic E-state index is 12.4. The summed E-state index contributed by atoms with van der Waals surface area (Å²) in [7, 11) is 0. The first-order valence-electron chi connectivity index (χ1n) is 6.97. The molecule has 2 heterocycles. The Kier molecular flexibility index (Phi) is 5.72. The Hall–Kier alpha value is -0.980. The van der Waals surface area contributed by atoms with E-state index >= 15 is 0 Å². The second-order valence-corrected chi connectivity index (χ2v) is 6.90. The largest absolute Gasteiger partial charge is 0.394 e. The van der Waals surface area contributed by atoms with Gasteiger partial charge < -0.3 is 15.7 Å². The number of aliphatic hydroxyl groups is 1. The van der Waals surface area contributed by atoms with Crippen molar-refractivity contribution in [3.05, 3.63) is 22.8 Å². The predicted molar refractivity (Wildman–Crippen MR) is 87.3 cm³/mol. The summed E-state index contributed by atoms with van der Waals surface area (Å²) in [6, 6.07) is -0.277. The highest BCUT2D eigenvalue weighted by Gasteiger charge is 2.27. The second kappa shape index (κ2) is 7.33. The van der Waals surface area contributed by atoms with E-state index in [0.717, 1.165) is 12.1 Å². The lowest BCUT2D eigenvalue weighted by atomic mass is 10.0. The quantitative estimate of drug-likeness (QED) is 0.683. The van der Waals surface area contributed by atoms with Gasteiger partial charge in [0.2, 0.25) is 0 Å². The van der Waals surface area contributed by atoms with Gasteiger partial charge in [0, 0.05) is 18.2 Å². The van der Waals surface area contributed by atoms with Crippen molar-refractivity contribution in [1.29, 1.82) is 0 Å². The van der Waals surface area contributed by atoms with Gasteiger partial charge in [-0.25, -0.2) is 0 Å². The third-order valence-electron chi connectivity index (χ3n) is 3.38. The number of hydrogen-bond donors (Lipinski definition) is 3. The summed E-state index contributed by atoms with van der Waals surface area (Å²) < 4.78 is 0. The third kappa shape index (κ3) is 4.25. The average molecular weight is 330 g/mol. The predicted octanol–water partition coefficient (Wildman–Crippen LogP) is 1.59. The van der Waals surface area contributed by atoms with E-state index in [0.29, 0.717) is 16.6 Å². The molecule has 3 atom stereocenters. The molecule has 2 unspecified atom stereocenters. The van der Waals surface area contributed by atoms with Gasteiger partial charge in [-0.05, 0) is 19.4 Å². The minimum absolute atomic E-state index is 0.0855. The molecule has 0 bridgehead atoms. The van der Waals surface area contributed by atoms with Gasteiger partial charge in [-0.2, -0.15) is 0 Å². The first-order chi connectivity index (χ1) is 10.0. The van der Waals surface area contributed by atoms with Crippen LogP contribution in [0, 0.1) is 5.92 Å². The van der Waals surface area contributed by atoms with Crippen molar-refractivity contribution in [3.8, 4) is 0 Å². The van der Waals surface area contributed by atoms with Gasteiger partial charge in [-0.1, -0.05) is 36.4 Å². The van der Waals surface area contributed by atoms with E-state index in [1.54, 1.807) is 6.08 Å². The summed E-state index contributed by atoms with van der Waals surface area (Å²) in [6.07, 6.45) is 4.54. The maximum Gasteiger partial charge on any atom is 0.259 e. The number of hydrogen-bond acceptors (Lipinski definition) is 5. The number of amides is 1. The number of halogens is 1. The molecule has 116 valence electrons. The van der Waals surface area contributed by atoms with Gasteiger partial charge in [0.25, 0.3) is 5.91 Å². The Balaban J connectivity index is 2.36. The van der Waals surface area contributed by atoms with Crippen LogP contribution < -0.4 is 10.6 Å². The van der Waals surface area contributed by atoms with Crippen LogP contribution in [0.5, 0.6) is 0 Å². The number of allylic oxidation sites excluding steroid dienone is 3.